The molecular weight excluding hydrogens is 400 g/mol. The van der Waals surface area contributed by atoms with Gasteiger partial charge in [0.1, 0.15) is 10.6 Å². The van der Waals surface area contributed by atoms with Crippen molar-refractivity contribution in [3.05, 3.63) is 23.8 Å². The first-order chi connectivity index (χ1) is 14.1. The summed E-state index contributed by atoms with van der Waals surface area (Å²) in [6.07, 6.45) is 7.07. The lowest BCUT2D eigenvalue weighted by Gasteiger charge is -2.39. The van der Waals surface area contributed by atoms with Crippen molar-refractivity contribution in [3.63, 3.8) is 0 Å². The van der Waals surface area contributed by atoms with Crippen LogP contribution >= 0.6 is 0 Å². The second-order valence-electron chi connectivity index (χ2n) is 10.1. The number of amides is 1. The number of sulfonamides is 1. The maximum absolute atomic E-state index is 13.1. The molecule has 0 aromatic heterocycles. The standard InChI is InChI=1S/C23H34N2O4S/c1-22(2)16-11-12-23(22,3)20(14-16)24-21(26)15-9-10-18(29-4)19(13-15)30(27,28)25-17-7-5-6-8-17/h9-10,13,16-17,20,25H,5-8,11-12,14H2,1-4H3,(H,24,26). The van der Waals surface area contributed by atoms with Gasteiger partial charge in [0.2, 0.25) is 10.0 Å². The number of methoxy groups -OCH3 is 1. The van der Waals surface area contributed by atoms with Crippen molar-refractivity contribution in [2.24, 2.45) is 16.7 Å². The number of benzene rings is 1. The quantitative estimate of drug-likeness (QED) is 0.712. The monoisotopic (exact) mass is 434 g/mol. The normalized spacial score (nSPS) is 30.5. The van der Waals surface area contributed by atoms with Crippen LogP contribution in [0.15, 0.2) is 23.1 Å². The smallest absolute Gasteiger partial charge is 0.251 e. The summed E-state index contributed by atoms with van der Waals surface area (Å²) < 4.78 is 34.1. The number of hydrogen-bond acceptors (Lipinski definition) is 4. The van der Waals surface area contributed by atoms with Crippen molar-refractivity contribution in [2.45, 2.75) is 82.7 Å². The number of carbonyl (C=O) groups is 1. The van der Waals surface area contributed by atoms with Crippen molar-refractivity contribution >= 4 is 15.9 Å². The van der Waals surface area contributed by atoms with Crippen LogP contribution in [0.4, 0.5) is 0 Å². The van der Waals surface area contributed by atoms with Crippen LogP contribution < -0.4 is 14.8 Å². The molecule has 1 amide bonds. The lowest BCUT2D eigenvalue weighted by atomic mass is 9.69. The zero-order chi connectivity index (χ0) is 21.7. The molecule has 1 aromatic rings. The number of carbonyl (C=O) groups excluding carboxylic acids is 1. The molecule has 2 N–H and O–H groups in total. The van der Waals surface area contributed by atoms with Gasteiger partial charge in [0.25, 0.3) is 5.91 Å². The highest BCUT2D eigenvalue weighted by Gasteiger charge is 2.61. The molecule has 0 spiro atoms. The van der Waals surface area contributed by atoms with E-state index in [1.165, 1.54) is 19.6 Å². The summed E-state index contributed by atoms with van der Waals surface area (Å²) in [4.78, 5) is 13.1. The summed E-state index contributed by atoms with van der Waals surface area (Å²) in [6.45, 7) is 6.90. The Morgan fingerprint density at radius 1 is 1.13 bits per heavy atom. The molecule has 166 valence electrons. The summed E-state index contributed by atoms with van der Waals surface area (Å²) in [6, 6.07) is 4.73. The molecule has 0 radical (unpaired) electrons. The highest BCUT2D eigenvalue weighted by atomic mass is 32.2. The number of hydrogen-bond donors (Lipinski definition) is 2. The summed E-state index contributed by atoms with van der Waals surface area (Å²) in [5.74, 6) is 0.657. The Labute approximate surface area is 180 Å². The molecule has 3 aliphatic rings. The Morgan fingerprint density at radius 2 is 1.83 bits per heavy atom. The maximum Gasteiger partial charge on any atom is 0.251 e. The topological polar surface area (TPSA) is 84.5 Å². The molecule has 3 aliphatic carbocycles. The molecule has 6 nitrogen and oxygen atoms in total. The van der Waals surface area contributed by atoms with Crippen LogP contribution in [0.1, 0.15) is 76.1 Å². The molecule has 0 heterocycles. The van der Waals surface area contributed by atoms with E-state index in [0.29, 0.717) is 11.5 Å². The van der Waals surface area contributed by atoms with E-state index >= 15 is 0 Å². The highest BCUT2D eigenvalue weighted by Crippen LogP contribution is 2.65. The van der Waals surface area contributed by atoms with E-state index in [1.807, 2.05) is 0 Å². The van der Waals surface area contributed by atoms with E-state index in [9.17, 15) is 13.2 Å². The second-order valence-corrected chi connectivity index (χ2v) is 11.8. The highest BCUT2D eigenvalue weighted by molar-refractivity contribution is 7.89. The summed E-state index contributed by atoms with van der Waals surface area (Å²) >= 11 is 0. The fraction of sp³-hybridized carbons (Fsp3) is 0.696. The third-order valence-electron chi connectivity index (χ3n) is 8.49. The first-order valence-electron chi connectivity index (χ1n) is 11.1. The number of nitrogens with one attached hydrogen (secondary N) is 2. The minimum absolute atomic E-state index is 0.0315. The lowest BCUT2D eigenvalue weighted by Crippen LogP contribution is -2.46. The van der Waals surface area contributed by atoms with Crippen LogP contribution in [0.3, 0.4) is 0 Å². The van der Waals surface area contributed by atoms with Gasteiger partial charge in [-0.25, -0.2) is 13.1 Å². The van der Waals surface area contributed by atoms with Gasteiger partial charge in [-0.2, -0.15) is 0 Å². The number of ether oxygens (including phenoxy) is 1. The van der Waals surface area contributed by atoms with Gasteiger partial charge in [-0.3, -0.25) is 4.79 Å². The summed E-state index contributed by atoms with van der Waals surface area (Å²) in [7, 11) is -2.32. The largest absolute Gasteiger partial charge is 0.495 e. The predicted molar refractivity (Wildman–Crippen MR) is 116 cm³/mol. The van der Waals surface area contributed by atoms with Crippen LogP contribution in [0.2, 0.25) is 0 Å². The first kappa shape index (κ1) is 21.6. The molecule has 3 saturated carbocycles. The Bertz CT molecular complexity index is 937. The van der Waals surface area contributed by atoms with Crippen LogP contribution in [-0.4, -0.2) is 33.5 Å². The minimum atomic E-state index is -3.76. The van der Waals surface area contributed by atoms with E-state index in [2.05, 4.69) is 30.8 Å². The van der Waals surface area contributed by atoms with Crippen molar-refractivity contribution in [2.75, 3.05) is 7.11 Å². The van der Waals surface area contributed by atoms with Gasteiger partial charge in [-0.15, -0.1) is 0 Å². The molecule has 2 bridgehead atoms. The Balaban J connectivity index is 1.56. The zero-order valence-corrected chi connectivity index (χ0v) is 19.3. The number of rotatable bonds is 6. The van der Waals surface area contributed by atoms with E-state index in [0.717, 1.165) is 38.5 Å². The molecule has 0 aliphatic heterocycles. The third kappa shape index (κ3) is 3.44. The fourth-order valence-corrected chi connectivity index (χ4v) is 7.52. The molecule has 7 heteroatoms. The molecule has 3 fully saturated rings. The van der Waals surface area contributed by atoms with Gasteiger partial charge in [0.15, 0.2) is 0 Å². The van der Waals surface area contributed by atoms with E-state index in [1.54, 1.807) is 12.1 Å². The SMILES string of the molecule is COc1ccc(C(=O)NC2CC3CCC2(C)C3(C)C)cc1S(=O)(=O)NC1CCCC1. The molecule has 30 heavy (non-hydrogen) atoms. The van der Waals surface area contributed by atoms with Gasteiger partial charge in [-0.1, -0.05) is 33.6 Å². The molecular formula is C23H34N2O4S. The molecule has 0 saturated heterocycles. The Kier molecular flexibility index (Phi) is 5.42. The van der Waals surface area contributed by atoms with Gasteiger partial charge < -0.3 is 10.1 Å². The Hall–Kier alpha value is -1.60. The first-order valence-corrected chi connectivity index (χ1v) is 12.6. The van der Waals surface area contributed by atoms with Gasteiger partial charge in [0, 0.05) is 17.6 Å². The maximum atomic E-state index is 13.1. The Morgan fingerprint density at radius 3 is 2.40 bits per heavy atom. The number of fused-ring (bicyclic) bond motifs is 2. The molecule has 3 atom stereocenters. The van der Waals surface area contributed by atoms with E-state index in [4.69, 9.17) is 4.74 Å². The second kappa shape index (κ2) is 7.52. The lowest BCUT2D eigenvalue weighted by molar-refractivity contribution is 0.0826. The molecule has 1 aromatic carbocycles. The molecule has 4 rings (SSSR count). The minimum Gasteiger partial charge on any atom is -0.495 e. The average Bonchev–Trinajstić information content (AvgIpc) is 3.33. The van der Waals surface area contributed by atoms with Crippen molar-refractivity contribution in [1.82, 2.24) is 10.0 Å². The van der Waals surface area contributed by atoms with Gasteiger partial charge in [-0.05, 0) is 67.1 Å². The van der Waals surface area contributed by atoms with Crippen LogP contribution in [0.25, 0.3) is 0 Å². The van der Waals surface area contributed by atoms with Gasteiger partial charge >= 0.3 is 0 Å². The summed E-state index contributed by atoms with van der Waals surface area (Å²) in [5, 5.41) is 3.22. The zero-order valence-electron chi connectivity index (χ0n) is 18.5. The third-order valence-corrected chi connectivity index (χ3v) is 10.0. The fourth-order valence-electron chi connectivity index (χ4n) is 6.02. The van der Waals surface area contributed by atoms with E-state index < -0.39 is 10.0 Å². The van der Waals surface area contributed by atoms with Gasteiger partial charge in [0.05, 0.1) is 7.11 Å². The summed E-state index contributed by atoms with van der Waals surface area (Å²) in [5.41, 5.74) is 0.621. The van der Waals surface area contributed by atoms with Crippen LogP contribution in [-0.2, 0) is 10.0 Å². The molecule has 3 unspecified atom stereocenters. The van der Waals surface area contributed by atoms with E-state index in [-0.39, 0.29) is 39.5 Å². The van der Waals surface area contributed by atoms with Crippen molar-refractivity contribution in [3.8, 4) is 5.75 Å². The van der Waals surface area contributed by atoms with Crippen molar-refractivity contribution in [1.29, 1.82) is 0 Å². The van der Waals surface area contributed by atoms with Crippen LogP contribution in [0.5, 0.6) is 5.75 Å². The predicted octanol–water partition coefficient (Wildman–Crippen LogP) is 3.86. The van der Waals surface area contributed by atoms with Crippen LogP contribution in [0, 0.1) is 16.7 Å². The van der Waals surface area contributed by atoms with Crippen molar-refractivity contribution < 1.29 is 17.9 Å². The average molecular weight is 435 g/mol.